The molecule has 0 aliphatic rings. The van der Waals surface area contributed by atoms with E-state index in [9.17, 15) is 14.4 Å². The average molecular weight is 295 g/mol. The second-order valence-electron chi connectivity index (χ2n) is 4.07. The normalized spacial score (nSPS) is 17.2. The third-order valence-corrected chi connectivity index (χ3v) is 3.62. The summed E-state index contributed by atoms with van der Waals surface area (Å²) >= 11 is 0.919. The van der Waals surface area contributed by atoms with Gasteiger partial charge in [0.1, 0.15) is 17.6 Å². The van der Waals surface area contributed by atoms with Crippen molar-refractivity contribution in [3.05, 3.63) is 0 Å². The van der Waals surface area contributed by atoms with Crippen LogP contribution < -0.4 is 17.2 Å². The van der Waals surface area contributed by atoms with Gasteiger partial charge in [0.05, 0.1) is 0 Å². The Morgan fingerprint density at radius 1 is 1.05 bits per heavy atom. The molecule has 0 saturated carbocycles. The van der Waals surface area contributed by atoms with Gasteiger partial charge in [0, 0.05) is 17.9 Å². The number of nitrogens with two attached hydrogens (primary N) is 3. The molecule has 10 heteroatoms. The number of hydrogen-bond donors (Lipinski definition) is 6. The van der Waals surface area contributed by atoms with Gasteiger partial charge in [-0.1, -0.05) is 0 Å². The molecule has 110 valence electrons. The number of hydrogen-bond acceptors (Lipinski definition) is 7. The fourth-order valence-electron chi connectivity index (χ4n) is 1.13. The number of carboxylic acid groups (broad SMARTS) is 3. The third-order valence-electron chi connectivity index (χ3n) is 2.30. The number of carboxylic acids is 3. The quantitative estimate of drug-likeness (QED) is 0.270. The molecule has 0 aliphatic carbocycles. The molecule has 0 spiro atoms. The van der Waals surface area contributed by atoms with Crippen LogP contribution in [0.25, 0.3) is 0 Å². The fourth-order valence-corrected chi connectivity index (χ4v) is 2.25. The zero-order chi connectivity index (χ0) is 15.2. The SMILES string of the molecule is N[C@@H](CSC[C@](N)(C[C@H](N)C(=O)O)C(=O)O)C(=O)O. The topological polar surface area (TPSA) is 190 Å². The first-order chi connectivity index (χ1) is 8.60. The van der Waals surface area contributed by atoms with Gasteiger partial charge in [0.2, 0.25) is 0 Å². The van der Waals surface area contributed by atoms with E-state index in [-0.39, 0.29) is 11.5 Å². The summed E-state index contributed by atoms with van der Waals surface area (Å²) in [6.07, 6.45) is -0.465. The van der Waals surface area contributed by atoms with Crippen molar-refractivity contribution in [3.8, 4) is 0 Å². The highest BCUT2D eigenvalue weighted by Crippen LogP contribution is 2.17. The van der Waals surface area contributed by atoms with Gasteiger partial charge in [0.25, 0.3) is 0 Å². The molecule has 0 aromatic heterocycles. The molecule has 0 bridgehead atoms. The van der Waals surface area contributed by atoms with E-state index in [4.69, 9.17) is 32.5 Å². The van der Waals surface area contributed by atoms with Crippen LogP contribution in [0.5, 0.6) is 0 Å². The largest absolute Gasteiger partial charge is 0.480 e. The van der Waals surface area contributed by atoms with E-state index in [1.807, 2.05) is 0 Å². The second-order valence-corrected chi connectivity index (χ2v) is 5.10. The predicted octanol–water partition coefficient (Wildman–Crippen LogP) is -2.28. The molecule has 0 aromatic rings. The van der Waals surface area contributed by atoms with Crippen molar-refractivity contribution in [2.45, 2.75) is 24.0 Å². The molecule has 0 aromatic carbocycles. The molecule has 0 radical (unpaired) electrons. The molecule has 0 amide bonds. The number of thioether (sulfide) groups is 1. The van der Waals surface area contributed by atoms with Crippen LogP contribution in [-0.2, 0) is 14.4 Å². The molecule has 0 heterocycles. The van der Waals surface area contributed by atoms with Crippen molar-refractivity contribution in [2.75, 3.05) is 11.5 Å². The molecule has 19 heavy (non-hydrogen) atoms. The van der Waals surface area contributed by atoms with Crippen LogP contribution >= 0.6 is 11.8 Å². The van der Waals surface area contributed by atoms with Gasteiger partial charge < -0.3 is 32.5 Å². The van der Waals surface area contributed by atoms with Crippen molar-refractivity contribution in [1.82, 2.24) is 0 Å². The van der Waals surface area contributed by atoms with Gasteiger partial charge in [-0.3, -0.25) is 14.4 Å². The summed E-state index contributed by atoms with van der Waals surface area (Å²) in [5.74, 6) is -4.20. The molecule has 9 nitrogen and oxygen atoms in total. The monoisotopic (exact) mass is 295 g/mol. The standard InChI is InChI=1S/C9H17N3O6S/c10-4(6(13)14)1-9(12,8(17)18)3-19-2-5(11)7(15)16/h4-5H,1-3,10-12H2,(H,13,14)(H,15,16)(H,17,18)/t4-,5-,9+/m0/s1. The van der Waals surface area contributed by atoms with Gasteiger partial charge in [-0.25, -0.2) is 0 Å². The summed E-state index contributed by atoms with van der Waals surface area (Å²) in [7, 11) is 0. The lowest BCUT2D eigenvalue weighted by Gasteiger charge is -2.26. The zero-order valence-electron chi connectivity index (χ0n) is 9.98. The van der Waals surface area contributed by atoms with E-state index in [1.165, 1.54) is 0 Å². The van der Waals surface area contributed by atoms with Crippen LogP contribution in [0.3, 0.4) is 0 Å². The highest BCUT2D eigenvalue weighted by Gasteiger charge is 2.37. The molecule has 0 rings (SSSR count). The first-order valence-electron chi connectivity index (χ1n) is 5.17. The van der Waals surface area contributed by atoms with E-state index >= 15 is 0 Å². The Labute approximate surface area is 113 Å². The van der Waals surface area contributed by atoms with E-state index in [1.54, 1.807) is 0 Å². The molecule has 3 atom stereocenters. The smallest absolute Gasteiger partial charge is 0.324 e. The van der Waals surface area contributed by atoms with Crippen LogP contribution in [0.1, 0.15) is 6.42 Å². The number of carbonyl (C=O) groups is 3. The van der Waals surface area contributed by atoms with Crippen LogP contribution in [-0.4, -0.2) is 62.4 Å². The van der Waals surface area contributed by atoms with E-state index in [2.05, 4.69) is 0 Å². The molecule has 0 unspecified atom stereocenters. The Morgan fingerprint density at radius 3 is 1.89 bits per heavy atom. The van der Waals surface area contributed by atoms with Crippen molar-refractivity contribution in [1.29, 1.82) is 0 Å². The minimum absolute atomic E-state index is 0.0378. The predicted molar refractivity (Wildman–Crippen MR) is 67.7 cm³/mol. The second kappa shape index (κ2) is 7.28. The van der Waals surface area contributed by atoms with Gasteiger partial charge >= 0.3 is 17.9 Å². The van der Waals surface area contributed by atoms with Crippen LogP contribution in [0, 0.1) is 0 Å². The highest BCUT2D eigenvalue weighted by atomic mass is 32.2. The summed E-state index contributed by atoms with van der Waals surface area (Å²) in [5.41, 5.74) is 14.2. The van der Waals surface area contributed by atoms with Crippen molar-refractivity contribution in [2.24, 2.45) is 17.2 Å². The minimum Gasteiger partial charge on any atom is -0.480 e. The summed E-state index contributed by atoms with van der Waals surface area (Å²) in [6, 6.07) is -2.55. The van der Waals surface area contributed by atoms with Crippen LogP contribution in [0.2, 0.25) is 0 Å². The Kier molecular flexibility index (Phi) is 6.76. The average Bonchev–Trinajstić information content (AvgIpc) is 2.28. The lowest BCUT2D eigenvalue weighted by molar-refractivity contribution is -0.144. The van der Waals surface area contributed by atoms with Crippen molar-refractivity contribution in [3.63, 3.8) is 0 Å². The van der Waals surface area contributed by atoms with Crippen molar-refractivity contribution >= 4 is 29.7 Å². The maximum atomic E-state index is 11.1. The highest BCUT2D eigenvalue weighted by molar-refractivity contribution is 7.99. The molecule has 0 fully saturated rings. The Morgan fingerprint density at radius 2 is 1.53 bits per heavy atom. The summed E-state index contributed by atoms with van der Waals surface area (Å²) in [5, 5.41) is 26.2. The summed E-state index contributed by atoms with van der Waals surface area (Å²) in [4.78, 5) is 32.1. The molecule has 0 saturated heterocycles. The van der Waals surface area contributed by atoms with E-state index < -0.39 is 42.0 Å². The van der Waals surface area contributed by atoms with Gasteiger partial charge in [-0.15, -0.1) is 0 Å². The first-order valence-corrected chi connectivity index (χ1v) is 6.32. The Bertz CT molecular complexity index is 366. The fraction of sp³-hybridized carbons (Fsp3) is 0.667. The van der Waals surface area contributed by atoms with Crippen molar-refractivity contribution < 1.29 is 29.7 Å². The summed E-state index contributed by atoms with van der Waals surface area (Å²) in [6.45, 7) is 0. The lowest BCUT2D eigenvalue weighted by atomic mass is 9.94. The van der Waals surface area contributed by atoms with E-state index in [0.29, 0.717) is 0 Å². The van der Waals surface area contributed by atoms with Gasteiger partial charge in [0.15, 0.2) is 0 Å². The maximum absolute atomic E-state index is 11.1. The first kappa shape index (κ1) is 17.6. The van der Waals surface area contributed by atoms with Gasteiger partial charge in [-0.2, -0.15) is 11.8 Å². The van der Waals surface area contributed by atoms with Crippen LogP contribution in [0.4, 0.5) is 0 Å². The van der Waals surface area contributed by atoms with E-state index in [0.717, 1.165) is 11.8 Å². The molecule has 9 N–H and O–H groups in total. The number of aliphatic carboxylic acids is 3. The maximum Gasteiger partial charge on any atom is 0.324 e. The van der Waals surface area contributed by atoms with Gasteiger partial charge in [-0.05, 0) is 0 Å². The zero-order valence-corrected chi connectivity index (χ0v) is 10.8. The Hall–Kier alpha value is -1.36. The summed E-state index contributed by atoms with van der Waals surface area (Å²) < 4.78 is 0. The molecule has 0 aliphatic heterocycles. The number of rotatable bonds is 9. The Balaban J connectivity index is 4.52. The molecular weight excluding hydrogens is 278 g/mol. The third kappa shape index (κ3) is 5.87. The lowest BCUT2D eigenvalue weighted by Crippen LogP contribution is -2.55. The van der Waals surface area contributed by atoms with Crippen LogP contribution in [0.15, 0.2) is 0 Å². The minimum atomic E-state index is -1.85. The molecular formula is C9H17N3O6S.